The summed E-state index contributed by atoms with van der Waals surface area (Å²) >= 11 is 0. The highest BCUT2D eigenvalue weighted by Gasteiger charge is 2.14. The van der Waals surface area contributed by atoms with Crippen LogP contribution in [0.25, 0.3) is 0 Å². The second-order valence-electron chi connectivity index (χ2n) is 4.31. The first-order chi connectivity index (χ1) is 7.86. The third-order valence-corrected chi connectivity index (χ3v) is 3.09. The lowest BCUT2D eigenvalue weighted by atomic mass is 9.89. The number of nitrogens with zero attached hydrogens (tertiary/aromatic N) is 2. The molecule has 1 amide bonds. The fourth-order valence-corrected chi connectivity index (χ4v) is 2.14. The molecule has 2 rings (SSSR count). The highest BCUT2D eigenvalue weighted by atomic mass is 16.1. The molecular weight excluding hydrogens is 202 g/mol. The Labute approximate surface area is 95.5 Å². The van der Waals surface area contributed by atoms with Crippen LogP contribution in [0.1, 0.15) is 42.6 Å². The lowest BCUT2D eigenvalue weighted by Gasteiger charge is -2.21. The van der Waals surface area contributed by atoms with Crippen molar-refractivity contribution < 1.29 is 4.79 Å². The molecule has 0 aliphatic heterocycles. The Morgan fingerprint density at radius 1 is 1.38 bits per heavy atom. The molecule has 4 heteroatoms. The van der Waals surface area contributed by atoms with Crippen molar-refractivity contribution in [1.29, 1.82) is 0 Å². The quantitative estimate of drug-likeness (QED) is 0.843. The largest absolute Gasteiger partial charge is 0.350 e. The zero-order valence-corrected chi connectivity index (χ0v) is 9.35. The molecule has 0 saturated heterocycles. The van der Waals surface area contributed by atoms with Crippen LogP contribution in [0.15, 0.2) is 18.6 Å². The maximum Gasteiger partial charge on any atom is 0.270 e. The van der Waals surface area contributed by atoms with Crippen molar-refractivity contribution in [2.45, 2.75) is 32.1 Å². The Bertz CT molecular complexity index is 333. The molecule has 0 unspecified atom stereocenters. The molecule has 1 aromatic rings. The van der Waals surface area contributed by atoms with Gasteiger partial charge in [0.15, 0.2) is 0 Å². The molecular formula is C12H17N3O. The first-order valence-electron chi connectivity index (χ1n) is 5.90. The fourth-order valence-electron chi connectivity index (χ4n) is 2.14. The maximum absolute atomic E-state index is 11.7. The number of nitrogens with one attached hydrogen (secondary N) is 1. The van der Waals surface area contributed by atoms with Gasteiger partial charge in [0.05, 0.1) is 0 Å². The molecule has 1 aliphatic carbocycles. The SMILES string of the molecule is O=C(NCC1CCCCC1)c1ccncn1. The predicted molar refractivity (Wildman–Crippen MR) is 60.9 cm³/mol. The number of hydrogen-bond acceptors (Lipinski definition) is 3. The Morgan fingerprint density at radius 2 is 2.19 bits per heavy atom. The predicted octanol–water partition coefficient (Wildman–Crippen LogP) is 1.79. The van der Waals surface area contributed by atoms with E-state index in [9.17, 15) is 4.79 Å². The minimum atomic E-state index is -0.0898. The van der Waals surface area contributed by atoms with E-state index < -0.39 is 0 Å². The lowest BCUT2D eigenvalue weighted by molar-refractivity contribution is 0.0938. The Balaban J connectivity index is 1.79. The topological polar surface area (TPSA) is 54.9 Å². The molecule has 86 valence electrons. The van der Waals surface area contributed by atoms with Crippen LogP contribution in [-0.2, 0) is 0 Å². The van der Waals surface area contributed by atoms with Crippen LogP contribution in [0.5, 0.6) is 0 Å². The number of rotatable bonds is 3. The van der Waals surface area contributed by atoms with E-state index in [2.05, 4.69) is 15.3 Å². The smallest absolute Gasteiger partial charge is 0.270 e. The minimum Gasteiger partial charge on any atom is -0.350 e. The Hall–Kier alpha value is -1.45. The number of hydrogen-bond donors (Lipinski definition) is 1. The van der Waals surface area contributed by atoms with Gasteiger partial charge in [-0.2, -0.15) is 0 Å². The van der Waals surface area contributed by atoms with Crippen LogP contribution >= 0.6 is 0 Å². The summed E-state index contributed by atoms with van der Waals surface area (Å²) in [5, 5.41) is 2.94. The first-order valence-corrected chi connectivity index (χ1v) is 5.90. The normalized spacial score (nSPS) is 17.0. The molecule has 0 aromatic carbocycles. The van der Waals surface area contributed by atoms with Gasteiger partial charge in [0.1, 0.15) is 12.0 Å². The van der Waals surface area contributed by atoms with Gasteiger partial charge in [-0.25, -0.2) is 9.97 Å². The number of aromatic nitrogens is 2. The summed E-state index contributed by atoms with van der Waals surface area (Å²) in [6.45, 7) is 0.781. The van der Waals surface area contributed by atoms with E-state index in [0.717, 1.165) is 6.54 Å². The van der Waals surface area contributed by atoms with E-state index in [1.54, 1.807) is 12.3 Å². The molecule has 4 nitrogen and oxygen atoms in total. The van der Waals surface area contributed by atoms with Gasteiger partial charge in [0, 0.05) is 12.7 Å². The van der Waals surface area contributed by atoms with Crippen molar-refractivity contribution in [2.75, 3.05) is 6.54 Å². The summed E-state index contributed by atoms with van der Waals surface area (Å²) in [4.78, 5) is 19.4. The zero-order chi connectivity index (χ0) is 11.2. The van der Waals surface area contributed by atoms with E-state index >= 15 is 0 Å². The molecule has 16 heavy (non-hydrogen) atoms. The van der Waals surface area contributed by atoms with Crippen LogP contribution in [0.3, 0.4) is 0 Å². The zero-order valence-electron chi connectivity index (χ0n) is 9.35. The highest BCUT2D eigenvalue weighted by molar-refractivity contribution is 5.91. The van der Waals surface area contributed by atoms with Gasteiger partial charge < -0.3 is 5.32 Å². The van der Waals surface area contributed by atoms with Gasteiger partial charge in [-0.05, 0) is 24.8 Å². The minimum absolute atomic E-state index is 0.0898. The Kier molecular flexibility index (Phi) is 3.86. The van der Waals surface area contributed by atoms with Crippen LogP contribution < -0.4 is 5.32 Å². The third kappa shape index (κ3) is 3.02. The molecule has 0 spiro atoms. The molecule has 1 fully saturated rings. The molecule has 1 aliphatic rings. The van der Waals surface area contributed by atoms with Crippen molar-refractivity contribution in [3.8, 4) is 0 Å². The summed E-state index contributed by atoms with van der Waals surface area (Å²) in [5.74, 6) is 0.563. The average molecular weight is 219 g/mol. The van der Waals surface area contributed by atoms with E-state index in [0.29, 0.717) is 11.6 Å². The van der Waals surface area contributed by atoms with Crippen LogP contribution in [-0.4, -0.2) is 22.4 Å². The van der Waals surface area contributed by atoms with Crippen LogP contribution in [0.2, 0.25) is 0 Å². The van der Waals surface area contributed by atoms with Gasteiger partial charge in [0.25, 0.3) is 5.91 Å². The van der Waals surface area contributed by atoms with Gasteiger partial charge in [-0.15, -0.1) is 0 Å². The number of amides is 1. The van der Waals surface area contributed by atoms with E-state index in [1.807, 2.05) is 0 Å². The van der Waals surface area contributed by atoms with Gasteiger partial charge >= 0.3 is 0 Å². The molecule has 1 saturated carbocycles. The fraction of sp³-hybridized carbons (Fsp3) is 0.583. The second kappa shape index (κ2) is 5.58. The summed E-state index contributed by atoms with van der Waals surface area (Å²) < 4.78 is 0. The van der Waals surface area contributed by atoms with Gasteiger partial charge in [0.2, 0.25) is 0 Å². The Morgan fingerprint density at radius 3 is 2.88 bits per heavy atom. The lowest BCUT2D eigenvalue weighted by Crippen LogP contribution is -2.30. The molecule has 1 N–H and O–H groups in total. The average Bonchev–Trinajstić information content (AvgIpc) is 2.38. The monoisotopic (exact) mass is 219 g/mol. The van der Waals surface area contributed by atoms with E-state index in [1.165, 1.54) is 38.4 Å². The first kappa shape index (κ1) is 11.0. The molecule has 0 atom stereocenters. The van der Waals surface area contributed by atoms with Gasteiger partial charge in [-0.1, -0.05) is 19.3 Å². The number of carbonyl (C=O) groups excluding carboxylic acids is 1. The summed E-state index contributed by atoms with van der Waals surface area (Å²) in [6.07, 6.45) is 9.41. The molecule has 1 heterocycles. The third-order valence-electron chi connectivity index (χ3n) is 3.09. The van der Waals surface area contributed by atoms with Crippen molar-refractivity contribution in [3.05, 3.63) is 24.3 Å². The molecule has 0 bridgehead atoms. The summed E-state index contributed by atoms with van der Waals surface area (Å²) in [5.41, 5.74) is 0.450. The van der Waals surface area contributed by atoms with Crippen molar-refractivity contribution >= 4 is 5.91 Å². The standard InChI is InChI=1S/C12H17N3O/c16-12(11-6-7-13-9-15-11)14-8-10-4-2-1-3-5-10/h6-7,9-10H,1-5,8H2,(H,14,16). The van der Waals surface area contributed by atoms with Crippen molar-refractivity contribution in [2.24, 2.45) is 5.92 Å². The molecule has 1 aromatic heterocycles. The van der Waals surface area contributed by atoms with Crippen molar-refractivity contribution in [3.63, 3.8) is 0 Å². The van der Waals surface area contributed by atoms with Gasteiger partial charge in [-0.3, -0.25) is 4.79 Å². The van der Waals surface area contributed by atoms with Crippen molar-refractivity contribution in [1.82, 2.24) is 15.3 Å². The molecule has 0 radical (unpaired) electrons. The van der Waals surface area contributed by atoms with E-state index in [4.69, 9.17) is 0 Å². The summed E-state index contributed by atoms with van der Waals surface area (Å²) in [7, 11) is 0. The van der Waals surface area contributed by atoms with Crippen LogP contribution in [0, 0.1) is 5.92 Å². The maximum atomic E-state index is 11.7. The highest BCUT2D eigenvalue weighted by Crippen LogP contribution is 2.22. The summed E-state index contributed by atoms with van der Waals surface area (Å²) in [6, 6.07) is 1.64. The van der Waals surface area contributed by atoms with Crippen LogP contribution in [0.4, 0.5) is 0 Å². The number of carbonyl (C=O) groups is 1. The van der Waals surface area contributed by atoms with E-state index in [-0.39, 0.29) is 5.91 Å². The second-order valence-corrected chi connectivity index (χ2v) is 4.31.